The molecule has 1 aromatic heterocycles. The van der Waals surface area contributed by atoms with Crippen molar-refractivity contribution >= 4 is 0 Å². The van der Waals surface area contributed by atoms with Crippen LogP contribution in [0.5, 0.6) is 5.75 Å². The average molecular weight is 302 g/mol. The van der Waals surface area contributed by atoms with Crippen molar-refractivity contribution in [1.82, 2.24) is 10.2 Å². The van der Waals surface area contributed by atoms with Crippen LogP contribution in [0.25, 0.3) is 11.3 Å². The molecule has 0 atom stereocenters. The predicted molar refractivity (Wildman–Crippen MR) is 88.9 cm³/mol. The summed E-state index contributed by atoms with van der Waals surface area (Å²) in [5.74, 6) is 0.886. The second-order valence-corrected chi connectivity index (χ2v) is 5.62. The Morgan fingerprint density at radius 2 is 1.82 bits per heavy atom. The molecule has 4 nitrogen and oxygen atoms in total. The molecule has 0 aliphatic carbocycles. The second-order valence-electron chi connectivity index (χ2n) is 5.62. The Bertz CT molecular complexity index is 561. The predicted octanol–water partition coefficient (Wildman–Crippen LogP) is 4.23. The molecule has 1 heterocycles. The Morgan fingerprint density at radius 1 is 1.09 bits per heavy atom. The quantitative estimate of drug-likeness (QED) is 0.682. The van der Waals surface area contributed by atoms with Gasteiger partial charge in [-0.15, -0.1) is 0 Å². The molecule has 0 amide bonds. The van der Waals surface area contributed by atoms with Crippen molar-refractivity contribution in [2.75, 3.05) is 6.61 Å². The summed E-state index contributed by atoms with van der Waals surface area (Å²) in [4.78, 5) is 0. The number of unbranched alkanes of at least 4 members (excludes halogenated alkanes) is 4. The van der Waals surface area contributed by atoms with E-state index >= 15 is 0 Å². The lowest BCUT2D eigenvalue weighted by Gasteiger charge is -2.07. The number of hydrogen-bond acceptors (Lipinski definition) is 3. The highest BCUT2D eigenvalue weighted by atomic mass is 16.5. The third-order valence-corrected chi connectivity index (χ3v) is 3.88. The number of nitrogens with zero attached hydrogens (tertiary/aromatic N) is 1. The Morgan fingerprint density at radius 3 is 2.50 bits per heavy atom. The van der Waals surface area contributed by atoms with Crippen molar-refractivity contribution in [1.29, 1.82) is 0 Å². The van der Waals surface area contributed by atoms with Gasteiger partial charge in [0.1, 0.15) is 5.75 Å². The fraction of sp³-hybridized carbons (Fsp3) is 0.500. The Balaban J connectivity index is 1.87. The number of aryl methyl sites for hydroxylation is 1. The third-order valence-electron chi connectivity index (χ3n) is 3.88. The molecule has 22 heavy (non-hydrogen) atoms. The molecule has 2 rings (SSSR count). The largest absolute Gasteiger partial charge is 0.494 e. The van der Waals surface area contributed by atoms with Crippen molar-refractivity contribution < 1.29 is 9.84 Å². The molecule has 0 aliphatic heterocycles. The number of aliphatic hydroxyl groups is 1. The highest BCUT2D eigenvalue weighted by Crippen LogP contribution is 2.25. The van der Waals surface area contributed by atoms with Gasteiger partial charge >= 0.3 is 0 Å². The average Bonchev–Trinajstić information content (AvgIpc) is 2.92. The summed E-state index contributed by atoms with van der Waals surface area (Å²) in [6.07, 6.45) is 6.21. The van der Waals surface area contributed by atoms with Gasteiger partial charge in [0.2, 0.25) is 0 Å². The van der Waals surface area contributed by atoms with Gasteiger partial charge in [-0.3, -0.25) is 5.10 Å². The lowest BCUT2D eigenvalue weighted by atomic mass is 10.1. The lowest BCUT2D eigenvalue weighted by molar-refractivity contribution is 0.281. The Hall–Kier alpha value is -1.81. The monoisotopic (exact) mass is 302 g/mol. The second kappa shape index (κ2) is 8.59. The number of H-pyrrole nitrogens is 1. The van der Waals surface area contributed by atoms with Crippen LogP contribution in [0.4, 0.5) is 0 Å². The van der Waals surface area contributed by atoms with Crippen LogP contribution in [0, 0.1) is 6.92 Å². The van der Waals surface area contributed by atoms with Crippen molar-refractivity contribution in [3.8, 4) is 17.0 Å². The smallest absolute Gasteiger partial charge is 0.119 e. The topological polar surface area (TPSA) is 58.1 Å². The van der Waals surface area contributed by atoms with Crippen LogP contribution >= 0.6 is 0 Å². The van der Waals surface area contributed by atoms with E-state index in [0.717, 1.165) is 41.3 Å². The van der Waals surface area contributed by atoms with Crippen LogP contribution < -0.4 is 4.74 Å². The van der Waals surface area contributed by atoms with Gasteiger partial charge in [0.05, 0.1) is 18.9 Å². The molecule has 0 aliphatic rings. The first-order chi connectivity index (χ1) is 10.8. The van der Waals surface area contributed by atoms with Crippen molar-refractivity contribution in [3.05, 3.63) is 35.5 Å². The minimum absolute atomic E-state index is 0.00627. The first-order valence-corrected chi connectivity index (χ1v) is 8.14. The summed E-state index contributed by atoms with van der Waals surface area (Å²) in [5.41, 5.74) is 3.56. The highest BCUT2D eigenvalue weighted by molar-refractivity contribution is 5.64. The number of aromatic amines is 1. The fourth-order valence-electron chi connectivity index (χ4n) is 2.49. The number of benzene rings is 1. The standard InChI is InChI=1S/C18H26N2O2/c1-3-4-5-6-7-12-22-16-10-8-15(9-11-16)18-17(13-21)14(2)19-20-18/h8-11,21H,3-7,12-13H2,1-2H3,(H,19,20). The van der Waals surface area contributed by atoms with E-state index in [4.69, 9.17) is 4.74 Å². The van der Waals surface area contributed by atoms with E-state index in [1.807, 2.05) is 31.2 Å². The molecule has 0 saturated heterocycles. The number of rotatable bonds is 9. The molecule has 0 bridgehead atoms. The maximum absolute atomic E-state index is 9.42. The molecule has 2 aromatic rings. The normalized spacial score (nSPS) is 10.9. The van der Waals surface area contributed by atoms with Crippen molar-refractivity contribution in [2.45, 2.75) is 52.6 Å². The third kappa shape index (κ3) is 4.34. The summed E-state index contributed by atoms with van der Waals surface area (Å²) in [7, 11) is 0. The maximum Gasteiger partial charge on any atom is 0.119 e. The molecule has 4 heteroatoms. The zero-order valence-electron chi connectivity index (χ0n) is 13.6. The number of aliphatic hydroxyl groups excluding tert-OH is 1. The molecule has 1 aromatic carbocycles. The Labute approximate surface area is 132 Å². The molecular weight excluding hydrogens is 276 g/mol. The van der Waals surface area contributed by atoms with Crippen LogP contribution in [0.15, 0.2) is 24.3 Å². The molecule has 120 valence electrons. The van der Waals surface area contributed by atoms with Gasteiger partial charge in [0.15, 0.2) is 0 Å². The van der Waals surface area contributed by atoms with Crippen LogP contribution in [-0.2, 0) is 6.61 Å². The summed E-state index contributed by atoms with van der Waals surface area (Å²) < 4.78 is 5.76. The first kappa shape index (κ1) is 16.6. The van der Waals surface area contributed by atoms with E-state index in [9.17, 15) is 5.11 Å². The SMILES string of the molecule is CCCCCCCOc1ccc(-c2n[nH]c(C)c2CO)cc1. The molecule has 0 fully saturated rings. The van der Waals surface area contributed by atoms with Crippen LogP contribution in [0.3, 0.4) is 0 Å². The molecule has 2 N–H and O–H groups in total. The molecule has 0 saturated carbocycles. The van der Waals surface area contributed by atoms with E-state index in [0.29, 0.717) is 0 Å². The summed E-state index contributed by atoms with van der Waals surface area (Å²) >= 11 is 0. The zero-order chi connectivity index (χ0) is 15.8. The summed E-state index contributed by atoms with van der Waals surface area (Å²) in [5, 5.41) is 16.6. The van der Waals surface area contributed by atoms with E-state index in [2.05, 4.69) is 17.1 Å². The number of nitrogens with one attached hydrogen (secondary N) is 1. The molecule has 0 spiro atoms. The summed E-state index contributed by atoms with van der Waals surface area (Å²) in [6.45, 7) is 4.90. The van der Waals surface area contributed by atoms with Gasteiger partial charge in [-0.1, -0.05) is 32.6 Å². The Kier molecular flexibility index (Phi) is 6.46. The van der Waals surface area contributed by atoms with Crippen molar-refractivity contribution in [3.63, 3.8) is 0 Å². The number of ether oxygens (including phenoxy) is 1. The van der Waals surface area contributed by atoms with E-state index in [1.54, 1.807) is 0 Å². The van der Waals surface area contributed by atoms with Gasteiger partial charge in [-0.05, 0) is 37.6 Å². The van der Waals surface area contributed by atoms with E-state index in [1.165, 1.54) is 25.7 Å². The highest BCUT2D eigenvalue weighted by Gasteiger charge is 2.11. The van der Waals surface area contributed by atoms with E-state index < -0.39 is 0 Å². The van der Waals surface area contributed by atoms with Gasteiger partial charge in [0.25, 0.3) is 0 Å². The minimum Gasteiger partial charge on any atom is -0.494 e. The van der Waals surface area contributed by atoms with E-state index in [-0.39, 0.29) is 6.61 Å². The van der Waals surface area contributed by atoms with Gasteiger partial charge in [0, 0.05) is 16.8 Å². The first-order valence-electron chi connectivity index (χ1n) is 8.14. The zero-order valence-corrected chi connectivity index (χ0v) is 13.6. The van der Waals surface area contributed by atoms with Crippen molar-refractivity contribution in [2.24, 2.45) is 0 Å². The van der Waals surface area contributed by atoms with Crippen LogP contribution in [0.2, 0.25) is 0 Å². The van der Waals surface area contributed by atoms with Crippen LogP contribution in [0.1, 0.15) is 50.3 Å². The van der Waals surface area contributed by atoms with Gasteiger partial charge < -0.3 is 9.84 Å². The molecule has 0 unspecified atom stereocenters. The fourth-order valence-corrected chi connectivity index (χ4v) is 2.49. The molecule has 0 radical (unpaired) electrons. The van der Waals surface area contributed by atoms with Crippen LogP contribution in [-0.4, -0.2) is 21.9 Å². The number of hydrogen-bond donors (Lipinski definition) is 2. The number of aromatic nitrogens is 2. The minimum atomic E-state index is -0.00627. The van der Waals surface area contributed by atoms with Gasteiger partial charge in [-0.2, -0.15) is 5.10 Å². The molecular formula is C18H26N2O2. The van der Waals surface area contributed by atoms with Gasteiger partial charge in [-0.25, -0.2) is 0 Å². The lowest BCUT2D eigenvalue weighted by Crippen LogP contribution is -1.97. The maximum atomic E-state index is 9.42. The summed E-state index contributed by atoms with van der Waals surface area (Å²) in [6, 6.07) is 7.90.